The number of nitrogens with one attached hydrogen (secondary N) is 1. The largest absolute Gasteiger partial charge is 0.450 e. The summed E-state index contributed by atoms with van der Waals surface area (Å²) in [6.45, 7) is 7.22. The van der Waals surface area contributed by atoms with Crippen molar-refractivity contribution in [2.75, 3.05) is 13.1 Å². The Morgan fingerprint density at radius 2 is 2.19 bits per heavy atom. The van der Waals surface area contributed by atoms with E-state index in [1.807, 2.05) is 11.0 Å². The molecule has 3 heterocycles. The van der Waals surface area contributed by atoms with E-state index in [1.54, 1.807) is 13.0 Å². The molecule has 2 aromatic heterocycles. The minimum atomic E-state index is -0.0653. The fourth-order valence-corrected chi connectivity index (χ4v) is 3.92. The molecule has 136 valence electrons. The number of carbonyl (C=O) groups is 1. The van der Waals surface area contributed by atoms with Crippen LogP contribution >= 0.6 is 0 Å². The van der Waals surface area contributed by atoms with E-state index in [-0.39, 0.29) is 23.5 Å². The Labute approximate surface area is 152 Å². The van der Waals surface area contributed by atoms with Gasteiger partial charge in [0.15, 0.2) is 5.82 Å². The van der Waals surface area contributed by atoms with Crippen molar-refractivity contribution in [2.45, 2.75) is 45.4 Å². The van der Waals surface area contributed by atoms with Gasteiger partial charge in [-0.3, -0.25) is 9.89 Å². The SMILES string of the molecule is Cc1oc(C#N)cc1C(=O)N1C[C@H](c2nc(C(C)C)n[nH]2)[C@@H](C2CC2)C1. The van der Waals surface area contributed by atoms with E-state index in [9.17, 15) is 4.79 Å². The Hall–Kier alpha value is -2.62. The molecule has 26 heavy (non-hydrogen) atoms. The van der Waals surface area contributed by atoms with Crippen LogP contribution in [-0.4, -0.2) is 39.1 Å². The molecule has 2 atom stereocenters. The molecule has 0 aromatic carbocycles. The maximum Gasteiger partial charge on any atom is 0.257 e. The Bertz CT molecular complexity index is 871. The Kier molecular flexibility index (Phi) is 4.06. The number of hydrogen-bond donors (Lipinski definition) is 1. The van der Waals surface area contributed by atoms with Crippen LogP contribution in [0.25, 0.3) is 0 Å². The molecular formula is C19H23N5O2. The van der Waals surface area contributed by atoms with Crippen molar-refractivity contribution < 1.29 is 9.21 Å². The number of amides is 1. The first-order chi connectivity index (χ1) is 12.5. The van der Waals surface area contributed by atoms with Crippen molar-refractivity contribution in [3.05, 3.63) is 34.8 Å². The van der Waals surface area contributed by atoms with Crippen LogP contribution in [0.2, 0.25) is 0 Å². The lowest BCUT2D eigenvalue weighted by molar-refractivity contribution is 0.0783. The molecule has 0 radical (unpaired) electrons. The Morgan fingerprint density at radius 3 is 2.77 bits per heavy atom. The summed E-state index contributed by atoms with van der Waals surface area (Å²) in [5, 5.41) is 16.4. The normalized spacial score (nSPS) is 22.8. The molecule has 4 rings (SSSR count). The third-order valence-corrected chi connectivity index (χ3v) is 5.53. The fraction of sp³-hybridized carbons (Fsp3) is 0.579. The van der Waals surface area contributed by atoms with Gasteiger partial charge in [-0.1, -0.05) is 13.8 Å². The van der Waals surface area contributed by atoms with Crippen molar-refractivity contribution in [1.29, 1.82) is 5.26 Å². The molecule has 0 bridgehead atoms. The van der Waals surface area contributed by atoms with Gasteiger partial charge in [-0.25, -0.2) is 4.98 Å². The number of hydrogen-bond acceptors (Lipinski definition) is 5. The number of aryl methyl sites for hydroxylation is 1. The third kappa shape index (κ3) is 2.90. The van der Waals surface area contributed by atoms with E-state index in [1.165, 1.54) is 12.8 Å². The first-order valence-electron chi connectivity index (χ1n) is 9.20. The molecule has 0 unspecified atom stereocenters. The minimum absolute atomic E-state index is 0.0653. The number of likely N-dealkylation sites (tertiary alicyclic amines) is 1. The number of rotatable bonds is 4. The molecule has 2 aliphatic rings. The summed E-state index contributed by atoms with van der Waals surface area (Å²) < 4.78 is 5.34. The second-order valence-electron chi connectivity index (χ2n) is 7.74. The van der Waals surface area contributed by atoms with E-state index >= 15 is 0 Å². The summed E-state index contributed by atoms with van der Waals surface area (Å²) in [6, 6.07) is 3.50. The summed E-state index contributed by atoms with van der Waals surface area (Å²) in [4.78, 5) is 19.6. The van der Waals surface area contributed by atoms with Crippen molar-refractivity contribution >= 4 is 5.91 Å². The van der Waals surface area contributed by atoms with Crippen LogP contribution in [0, 0.1) is 30.1 Å². The van der Waals surface area contributed by atoms with E-state index in [0.29, 0.717) is 29.7 Å². The lowest BCUT2D eigenvalue weighted by Gasteiger charge is -2.15. The molecule has 7 heteroatoms. The highest BCUT2D eigenvalue weighted by atomic mass is 16.3. The highest BCUT2D eigenvalue weighted by molar-refractivity contribution is 5.95. The van der Waals surface area contributed by atoms with Crippen molar-refractivity contribution in [2.24, 2.45) is 11.8 Å². The van der Waals surface area contributed by atoms with Gasteiger partial charge in [0.2, 0.25) is 5.76 Å². The monoisotopic (exact) mass is 353 g/mol. The van der Waals surface area contributed by atoms with E-state index < -0.39 is 0 Å². The highest BCUT2D eigenvalue weighted by Crippen LogP contribution is 2.47. The average Bonchev–Trinajstić information content (AvgIpc) is 3.05. The van der Waals surface area contributed by atoms with E-state index in [4.69, 9.17) is 9.68 Å². The summed E-state index contributed by atoms with van der Waals surface area (Å²) >= 11 is 0. The molecular weight excluding hydrogens is 330 g/mol. The predicted molar refractivity (Wildman–Crippen MR) is 93.5 cm³/mol. The van der Waals surface area contributed by atoms with Crippen LogP contribution < -0.4 is 0 Å². The van der Waals surface area contributed by atoms with Gasteiger partial charge in [-0.2, -0.15) is 10.4 Å². The molecule has 1 aliphatic carbocycles. The predicted octanol–water partition coefficient (Wildman–Crippen LogP) is 2.97. The molecule has 7 nitrogen and oxygen atoms in total. The third-order valence-electron chi connectivity index (χ3n) is 5.53. The van der Waals surface area contributed by atoms with Crippen LogP contribution in [0.15, 0.2) is 10.5 Å². The Morgan fingerprint density at radius 1 is 1.42 bits per heavy atom. The number of furan rings is 1. The molecule has 2 aromatic rings. The van der Waals surface area contributed by atoms with Gasteiger partial charge in [-0.15, -0.1) is 0 Å². The first kappa shape index (κ1) is 16.8. The van der Waals surface area contributed by atoms with Crippen molar-refractivity contribution in [1.82, 2.24) is 20.1 Å². The number of aromatic nitrogens is 3. The van der Waals surface area contributed by atoms with Gasteiger partial charge in [-0.05, 0) is 31.6 Å². The topological polar surface area (TPSA) is 98.8 Å². The first-order valence-corrected chi connectivity index (χ1v) is 9.20. The second-order valence-corrected chi connectivity index (χ2v) is 7.74. The zero-order chi connectivity index (χ0) is 18.4. The van der Waals surface area contributed by atoms with Gasteiger partial charge in [0.25, 0.3) is 5.91 Å². The zero-order valence-corrected chi connectivity index (χ0v) is 15.3. The lowest BCUT2D eigenvalue weighted by atomic mass is 9.91. The van der Waals surface area contributed by atoms with Crippen molar-refractivity contribution in [3.8, 4) is 6.07 Å². The van der Waals surface area contributed by atoms with Crippen LogP contribution in [0.3, 0.4) is 0 Å². The molecule has 1 N–H and O–H groups in total. The number of H-pyrrole nitrogens is 1. The molecule has 0 spiro atoms. The quantitative estimate of drug-likeness (QED) is 0.911. The van der Waals surface area contributed by atoms with E-state index in [0.717, 1.165) is 18.2 Å². The van der Waals surface area contributed by atoms with E-state index in [2.05, 4.69) is 29.0 Å². The maximum atomic E-state index is 13.0. The number of nitrogens with zero attached hydrogens (tertiary/aromatic N) is 4. The molecule has 1 saturated carbocycles. The number of nitriles is 1. The number of aromatic amines is 1. The molecule has 2 fully saturated rings. The van der Waals surface area contributed by atoms with Gasteiger partial charge in [0.1, 0.15) is 17.7 Å². The van der Waals surface area contributed by atoms with Gasteiger partial charge >= 0.3 is 0 Å². The Balaban J connectivity index is 1.58. The summed E-state index contributed by atoms with van der Waals surface area (Å²) in [5.41, 5.74) is 0.484. The van der Waals surface area contributed by atoms with Gasteiger partial charge < -0.3 is 9.32 Å². The van der Waals surface area contributed by atoms with Crippen LogP contribution in [0.5, 0.6) is 0 Å². The zero-order valence-electron chi connectivity index (χ0n) is 15.3. The van der Waals surface area contributed by atoms with Crippen molar-refractivity contribution in [3.63, 3.8) is 0 Å². The average molecular weight is 353 g/mol. The maximum absolute atomic E-state index is 13.0. The molecule has 1 saturated heterocycles. The summed E-state index contributed by atoms with van der Waals surface area (Å²) in [6.07, 6.45) is 2.44. The lowest BCUT2D eigenvalue weighted by Crippen LogP contribution is -2.29. The molecule has 1 amide bonds. The summed E-state index contributed by atoms with van der Waals surface area (Å²) in [7, 11) is 0. The van der Waals surface area contributed by atoms with Gasteiger partial charge in [0.05, 0.1) is 5.56 Å². The second kappa shape index (κ2) is 6.27. The highest BCUT2D eigenvalue weighted by Gasteiger charge is 2.46. The van der Waals surface area contributed by atoms with Gasteiger partial charge in [0, 0.05) is 31.0 Å². The van der Waals surface area contributed by atoms with Crippen LogP contribution in [-0.2, 0) is 0 Å². The summed E-state index contributed by atoms with van der Waals surface area (Å²) in [5.74, 6) is 3.86. The standard InChI is InChI=1S/C19H23N5O2/c1-10(2)17-21-18(23-22-17)16-9-24(8-15(16)12-4-5-12)19(25)14-6-13(7-20)26-11(14)3/h6,10,12,15-16H,4-5,8-9H2,1-3H3,(H,21,22,23)/t15-,16+/m1/s1. The number of carbonyl (C=O) groups excluding carboxylic acids is 1. The fourth-order valence-electron chi connectivity index (χ4n) is 3.92. The van der Waals surface area contributed by atoms with Crippen LogP contribution in [0.4, 0.5) is 0 Å². The smallest absolute Gasteiger partial charge is 0.257 e. The minimum Gasteiger partial charge on any atom is -0.450 e. The molecule has 1 aliphatic heterocycles. The van der Waals surface area contributed by atoms with Crippen LogP contribution in [0.1, 0.15) is 72.1 Å².